The second kappa shape index (κ2) is 14.3. The van der Waals surface area contributed by atoms with E-state index in [0.717, 1.165) is 33.5 Å². The van der Waals surface area contributed by atoms with Crippen molar-refractivity contribution in [2.75, 3.05) is 26.4 Å². The zero-order valence-electron chi connectivity index (χ0n) is 28.8. The Balaban J connectivity index is 0.000000157. The number of hydrogen-bond acceptors (Lipinski definition) is 12. The molecule has 0 bridgehead atoms. The van der Waals surface area contributed by atoms with Crippen LogP contribution in [0.5, 0.6) is 23.0 Å². The largest absolute Gasteiger partial charge is 0.486 e. The number of pyridine rings is 2. The average molecular weight is 767 g/mol. The van der Waals surface area contributed by atoms with Gasteiger partial charge in [0.05, 0.1) is 21.5 Å². The molecule has 5 aromatic rings. The molecular formula is C38H34N6O8S2. The quantitative estimate of drug-likeness (QED) is 0.262. The molecule has 1 atom stereocenters. The molecule has 2 aromatic heterocycles. The molecule has 0 fully saturated rings. The van der Waals surface area contributed by atoms with E-state index in [0.29, 0.717) is 49.4 Å². The molecule has 0 aliphatic carbocycles. The molecule has 1 unspecified atom stereocenters. The number of sulfonamides is 2. The van der Waals surface area contributed by atoms with Crippen LogP contribution in [-0.4, -0.2) is 61.8 Å². The summed E-state index contributed by atoms with van der Waals surface area (Å²) in [6.07, 6.45) is 3.29. The summed E-state index contributed by atoms with van der Waals surface area (Å²) < 4.78 is 76.9. The van der Waals surface area contributed by atoms with Gasteiger partial charge in [-0.25, -0.2) is 21.8 Å². The Kier molecular flexibility index (Phi) is 9.42. The maximum absolute atomic E-state index is 13.2. The third-order valence-electron chi connectivity index (χ3n) is 9.47. The highest BCUT2D eigenvalue weighted by Crippen LogP contribution is 2.37. The highest BCUT2D eigenvalue weighted by Gasteiger charge is 2.34. The van der Waals surface area contributed by atoms with Crippen molar-refractivity contribution < 1.29 is 35.8 Å². The summed E-state index contributed by atoms with van der Waals surface area (Å²) >= 11 is 0. The minimum Gasteiger partial charge on any atom is -0.486 e. The van der Waals surface area contributed by atoms with Gasteiger partial charge >= 0.3 is 0 Å². The van der Waals surface area contributed by atoms with Crippen molar-refractivity contribution in [1.29, 1.82) is 5.26 Å². The Bertz CT molecular complexity index is 2510. The summed E-state index contributed by atoms with van der Waals surface area (Å²) in [5.74, 6) is 2.01. The lowest BCUT2D eigenvalue weighted by atomic mass is 10.0. The maximum Gasteiger partial charge on any atom is 0.243 e. The number of fused-ring (bicyclic) bond motifs is 4. The maximum atomic E-state index is 13.2. The molecular weight excluding hydrogens is 733 g/mol. The summed E-state index contributed by atoms with van der Waals surface area (Å²) in [5, 5.41) is 8.92. The van der Waals surface area contributed by atoms with E-state index in [2.05, 4.69) is 9.97 Å². The first-order chi connectivity index (χ1) is 26.1. The Labute approximate surface area is 312 Å². The van der Waals surface area contributed by atoms with E-state index in [9.17, 15) is 16.8 Å². The molecule has 3 aromatic carbocycles. The fourth-order valence-electron chi connectivity index (χ4n) is 6.59. The minimum absolute atomic E-state index is 0.160. The van der Waals surface area contributed by atoms with E-state index in [1.165, 1.54) is 26.8 Å². The van der Waals surface area contributed by atoms with Gasteiger partial charge in [0.2, 0.25) is 20.0 Å². The van der Waals surface area contributed by atoms with Crippen LogP contribution in [0.2, 0.25) is 0 Å². The number of benzene rings is 3. The number of aromatic nitrogens is 2. The highest BCUT2D eigenvalue weighted by atomic mass is 32.2. The van der Waals surface area contributed by atoms with Crippen molar-refractivity contribution in [2.45, 2.75) is 42.0 Å². The summed E-state index contributed by atoms with van der Waals surface area (Å²) in [4.78, 5) is 8.84. The Morgan fingerprint density at radius 3 is 1.63 bits per heavy atom. The van der Waals surface area contributed by atoms with Crippen LogP contribution < -0.4 is 24.7 Å². The van der Waals surface area contributed by atoms with Crippen molar-refractivity contribution in [3.63, 3.8) is 0 Å². The smallest absolute Gasteiger partial charge is 0.243 e. The first-order valence-electron chi connectivity index (χ1n) is 17.1. The SMILES string of the molecule is N#Cc1cc2c(cn1)CN(S(=O)(=O)c1ccc3c(c1)OCCO3)C2.NC(c1ccccc1)c1cc2c(cn1)CN(S(=O)(=O)c1ccc3c(c1)OCCO3)C2. The van der Waals surface area contributed by atoms with Crippen molar-refractivity contribution in [3.8, 4) is 29.1 Å². The van der Waals surface area contributed by atoms with E-state index in [4.69, 9.17) is 29.9 Å². The van der Waals surface area contributed by atoms with Crippen molar-refractivity contribution in [3.05, 3.63) is 130 Å². The zero-order valence-corrected chi connectivity index (χ0v) is 30.4. The molecule has 4 aliphatic rings. The molecule has 54 heavy (non-hydrogen) atoms. The van der Waals surface area contributed by atoms with Crippen molar-refractivity contribution >= 4 is 20.0 Å². The molecule has 4 aliphatic heterocycles. The van der Waals surface area contributed by atoms with Crippen LogP contribution in [0.4, 0.5) is 0 Å². The summed E-state index contributed by atoms with van der Waals surface area (Å²) in [5.41, 5.74) is 11.8. The van der Waals surface area contributed by atoms with Crippen LogP contribution in [0.1, 0.15) is 45.2 Å². The van der Waals surface area contributed by atoms with E-state index in [1.54, 1.807) is 36.7 Å². The van der Waals surface area contributed by atoms with Gasteiger partial charge in [0.15, 0.2) is 23.0 Å². The van der Waals surface area contributed by atoms with E-state index in [1.807, 2.05) is 42.5 Å². The van der Waals surface area contributed by atoms with Crippen LogP contribution in [0.15, 0.2) is 101 Å². The van der Waals surface area contributed by atoms with Gasteiger partial charge in [-0.05, 0) is 64.2 Å². The molecule has 0 saturated carbocycles. The van der Waals surface area contributed by atoms with Crippen LogP contribution in [0.3, 0.4) is 0 Å². The number of nitrogens with two attached hydrogens (primary N) is 1. The standard InChI is InChI=1S/C22H21N3O4S.C16H13N3O4S/c23-22(15-4-2-1-3-5-15)19-10-16-13-25(14-17(16)12-24-19)30(26,27)18-6-7-20-21(11-18)29-9-8-28-20;17-7-13-5-11-9-19(10-12(11)8-18-13)24(20,21)14-1-2-15-16(6-14)23-4-3-22-15/h1-7,10-12,22H,8-9,13-14,23H2;1-2,5-6,8H,3-4,9-10H2. The van der Waals surface area contributed by atoms with Gasteiger partial charge in [0, 0.05) is 50.7 Å². The van der Waals surface area contributed by atoms with Crippen molar-refractivity contribution in [1.82, 2.24) is 18.6 Å². The first-order valence-corrected chi connectivity index (χ1v) is 19.9. The molecule has 0 amide bonds. The minimum atomic E-state index is -3.69. The van der Waals surface area contributed by atoms with Crippen LogP contribution in [-0.2, 0) is 46.2 Å². The lowest BCUT2D eigenvalue weighted by Gasteiger charge is -2.20. The Hall–Kier alpha value is -5.57. The molecule has 0 radical (unpaired) electrons. The Morgan fingerprint density at radius 1 is 0.611 bits per heavy atom. The third kappa shape index (κ3) is 6.83. The van der Waals surface area contributed by atoms with Crippen LogP contribution >= 0.6 is 0 Å². The van der Waals surface area contributed by atoms with Crippen molar-refractivity contribution in [2.24, 2.45) is 5.73 Å². The van der Waals surface area contributed by atoms with Gasteiger partial charge in [-0.2, -0.15) is 13.9 Å². The number of nitriles is 1. The lowest BCUT2D eigenvalue weighted by Crippen LogP contribution is -2.26. The molecule has 6 heterocycles. The monoisotopic (exact) mass is 766 g/mol. The van der Waals surface area contributed by atoms with E-state index in [-0.39, 0.29) is 47.7 Å². The summed E-state index contributed by atoms with van der Waals surface area (Å²) in [7, 11) is -7.36. The number of ether oxygens (including phenoxy) is 4. The topological polar surface area (TPSA) is 187 Å². The van der Waals surface area contributed by atoms with E-state index >= 15 is 0 Å². The predicted octanol–water partition coefficient (Wildman–Crippen LogP) is 4.03. The van der Waals surface area contributed by atoms with Gasteiger partial charge in [-0.3, -0.25) is 4.98 Å². The van der Waals surface area contributed by atoms with Gasteiger partial charge < -0.3 is 24.7 Å². The number of hydrogen-bond donors (Lipinski definition) is 1. The fourth-order valence-corrected chi connectivity index (χ4v) is 9.41. The number of nitrogens with zero attached hydrogens (tertiary/aromatic N) is 5. The second-order valence-corrected chi connectivity index (χ2v) is 16.7. The molecule has 9 rings (SSSR count). The number of rotatable bonds is 6. The summed E-state index contributed by atoms with van der Waals surface area (Å²) in [6, 6.07) is 24.2. The second-order valence-electron chi connectivity index (χ2n) is 12.9. The third-order valence-corrected chi connectivity index (χ3v) is 13.0. The highest BCUT2D eigenvalue weighted by molar-refractivity contribution is 7.89. The Morgan fingerprint density at radius 2 is 1.09 bits per heavy atom. The van der Waals surface area contributed by atoms with Crippen LogP contribution in [0.25, 0.3) is 0 Å². The van der Waals surface area contributed by atoms with Gasteiger partial charge in [0.25, 0.3) is 0 Å². The first kappa shape index (κ1) is 35.5. The van der Waals surface area contributed by atoms with E-state index < -0.39 is 20.0 Å². The normalized spacial score (nSPS) is 16.7. The van der Waals surface area contributed by atoms with Crippen LogP contribution in [0, 0.1) is 11.3 Å². The average Bonchev–Trinajstić information content (AvgIpc) is 3.86. The molecule has 0 saturated heterocycles. The zero-order chi connectivity index (χ0) is 37.5. The molecule has 276 valence electrons. The molecule has 14 nitrogen and oxygen atoms in total. The summed E-state index contributed by atoms with van der Waals surface area (Å²) in [6.45, 7) is 2.74. The van der Waals surface area contributed by atoms with Gasteiger partial charge in [0.1, 0.15) is 38.2 Å². The van der Waals surface area contributed by atoms with Gasteiger partial charge in [-0.1, -0.05) is 30.3 Å². The molecule has 2 N–H and O–H groups in total. The lowest BCUT2D eigenvalue weighted by molar-refractivity contribution is 0.171. The molecule has 0 spiro atoms. The molecule has 16 heteroatoms. The van der Waals surface area contributed by atoms with Gasteiger partial charge in [-0.15, -0.1) is 0 Å². The predicted molar refractivity (Wildman–Crippen MR) is 193 cm³/mol. The fraction of sp³-hybridized carbons (Fsp3) is 0.237.